The molecular formula is C32H47FN4O3SSi. The fourth-order valence-electron chi connectivity index (χ4n) is 5.39. The number of rotatable bonds is 12. The number of anilines is 2. The number of nitrogens with zero attached hydrogens (tertiary/aromatic N) is 1. The molecule has 2 rings (SSSR count). The third-order valence-electron chi connectivity index (χ3n) is 7.28. The number of aryl methyl sites for hydroxylation is 1. The summed E-state index contributed by atoms with van der Waals surface area (Å²) in [4.78, 5) is 12.5. The monoisotopic (exact) mass is 614 g/mol. The summed E-state index contributed by atoms with van der Waals surface area (Å²) in [5.74, 6) is -0.160. The van der Waals surface area contributed by atoms with Crippen molar-refractivity contribution >= 4 is 43.0 Å². The van der Waals surface area contributed by atoms with Crippen LogP contribution in [0.4, 0.5) is 20.6 Å². The molecule has 10 heteroatoms. The van der Waals surface area contributed by atoms with Crippen molar-refractivity contribution in [3.63, 3.8) is 0 Å². The van der Waals surface area contributed by atoms with Crippen LogP contribution in [0.15, 0.2) is 30.3 Å². The molecule has 1 amide bonds. The molecule has 42 heavy (non-hydrogen) atoms. The number of carbonyl (C=O) groups is 1. The fraction of sp³-hybridized carbons (Fsp3) is 0.531. The van der Waals surface area contributed by atoms with Gasteiger partial charge in [0.1, 0.15) is 11.4 Å². The molecule has 3 N–H and O–H groups in total. The number of hydrogen-bond donors (Lipinski definition) is 3. The summed E-state index contributed by atoms with van der Waals surface area (Å²) < 4.78 is 27.9. The van der Waals surface area contributed by atoms with E-state index in [1.807, 2.05) is 13.0 Å². The van der Waals surface area contributed by atoms with Gasteiger partial charge in [-0.15, -0.1) is 0 Å². The molecule has 0 atom stereocenters. The highest BCUT2D eigenvalue weighted by atomic mass is 32.1. The fourth-order valence-corrected chi connectivity index (χ4v) is 10.8. The zero-order valence-electron chi connectivity index (χ0n) is 26.7. The van der Waals surface area contributed by atoms with Gasteiger partial charge in [-0.05, 0) is 85.3 Å². The van der Waals surface area contributed by atoms with E-state index in [1.54, 1.807) is 45.0 Å². The van der Waals surface area contributed by atoms with Crippen LogP contribution in [0.5, 0.6) is 5.75 Å². The molecule has 0 saturated heterocycles. The lowest BCUT2D eigenvalue weighted by molar-refractivity contribution is 0.0523. The zero-order valence-corrected chi connectivity index (χ0v) is 28.5. The van der Waals surface area contributed by atoms with Crippen LogP contribution in [0.25, 0.3) is 0 Å². The van der Waals surface area contributed by atoms with Gasteiger partial charge in [0, 0.05) is 12.2 Å². The Labute approximate surface area is 257 Å². The molecule has 2 aromatic rings. The smallest absolute Gasteiger partial charge is 0.407 e. The van der Waals surface area contributed by atoms with Crippen molar-refractivity contribution in [2.75, 3.05) is 17.2 Å². The standard InChI is InChI=1S/C32H47FN4O3SSi/c1-11-23-14-27(30(33)28(15-23)40-42(20(2)3,21(4)5)22(6)7)37-29(41)19-35-26-13-12-24(17-34)25(16-26)18-36-31(38)39-32(8,9)10/h12-16,20-22,35H,11,18-19H2,1-10H3,(H,36,38)(H,37,41). The van der Waals surface area contributed by atoms with Gasteiger partial charge in [0.05, 0.1) is 28.9 Å². The van der Waals surface area contributed by atoms with E-state index in [-0.39, 0.29) is 24.5 Å². The van der Waals surface area contributed by atoms with Crippen LogP contribution in [0.3, 0.4) is 0 Å². The minimum Gasteiger partial charge on any atom is -0.541 e. The van der Waals surface area contributed by atoms with E-state index >= 15 is 4.39 Å². The van der Waals surface area contributed by atoms with Crippen molar-refractivity contribution in [3.05, 3.63) is 52.8 Å². The van der Waals surface area contributed by atoms with E-state index in [0.717, 1.165) is 12.0 Å². The lowest BCUT2D eigenvalue weighted by Crippen LogP contribution is -2.50. The van der Waals surface area contributed by atoms with Gasteiger partial charge in [-0.25, -0.2) is 9.18 Å². The molecule has 0 heterocycles. The van der Waals surface area contributed by atoms with Crippen molar-refractivity contribution in [2.45, 2.75) is 104 Å². The molecule has 0 bridgehead atoms. The van der Waals surface area contributed by atoms with Crippen LogP contribution >= 0.6 is 12.2 Å². The number of ether oxygens (including phenoxy) is 1. The number of carbonyl (C=O) groups excluding carboxylic acids is 1. The van der Waals surface area contributed by atoms with E-state index < -0.39 is 25.8 Å². The second-order valence-electron chi connectivity index (χ2n) is 12.5. The van der Waals surface area contributed by atoms with Crippen LogP contribution in [-0.2, 0) is 17.7 Å². The van der Waals surface area contributed by atoms with Crippen molar-refractivity contribution in [1.82, 2.24) is 5.32 Å². The molecule has 0 unspecified atom stereocenters. The summed E-state index contributed by atoms with van der Waals surface area (Å²) in [7, 11) is -2.37. The Morgan fingerprint density at radius 3 is 2.21 bits per heavy atom. The Morgan fingerprint density at radius 1 is 1.07 bits per heavy atom. The Bertz CT molecular complexity index is 1280. The summed E-state index contributed by atoms with van der Waals surface area (Å²) in [6.07, 6.45) is 0.159. The lowest BCUT2D eigenvalue weighted by Gasteiger charge is -2.42. The van der Waals surface area contributed by atoms with Gasteiger partial charge in [0.15, 0.2) is 5.82 Å². The molecule has 0 aliphatic carbocycles. The van der Waals surface area contributed by atoms with Gasteiger partial charge in [0.25, 0.3) is 8.32 Å². The molecule has 0 spiro atoms. The molecule has 0 fully saturated rings. The number of thiocarbonyl (C=S) groups is 1. The lowest BCUT2D eigenvalue weighted by atomic mass is 10.1. The number of alkyl carbamates (subject to hydrolysis) is 1. The molecule has 0 radical (unpaired) electrons. The Morgan fingerprint density at radius 2 is 1.69 bits per heavy atom. The number of nitriles is 1. The van der Waals surface area contributed by atoms with Gasteiger partial charge in [-0.2, -0.15) is 5.26 Å². The third kappa shape index (κ3) is 9.17. The molecule has 0 aromatic heterocycles. The van der Waals surface area contributed by atoms with E-state index in [1.165, 1.54) is 0 Å². The molecular weight excluding hydrogens is 568 g/mol. The minimum absolute atomic E-state index is 0.127. The van der Waals surface area contributed by atoms with Gasteiger partial charge in [0.2, 0.25) is 0 Å². The number of benzene rings is 2. The highest BCUT2D eigenvalue weighted by Gasteiger charge is 2.47. The molecule has 0 aliphatic rings. The molecule has 230 valence electrons. The zero-order chi connectivity index (χ0) is 31.8. The Hall–Kier alpha value is -3.16. The van der Waals surface area contributed by atoms with Crippen LogP contribution in [-0.4, -0.2) is 31.5 Å². The minimum atomic E-state index is -2.37. The van der Waals surface area contributed by atoms with Crippen molar-refractivity contribution in [1.29, 1.82) is 5.26 Å². The predicted molar refractivity (Wildman–Crippen MR) is 176 cm³/mol. The highest BCUT2D eigenvalue weighted by molar-refractivity contribution is 7.80. The topological polar surface area (TPSA) is 95.4 Å². The SMILES string of the molecule is CCc1cc(NC(=S)CNc2ccc(C#N)c(CNC(=O)OC(C)(C)C)c2)c(F)c(O[Si](C(C)C)(C(C)C)C(C)C)c1. The van der Waals surface area contributed by atoms with Gasteiger partial charge in [-0.3, -0.25) is 0 Å². The molecule has 7 nitrogen and oxygen atoms in total. The number of amides is 1. The van der Waals surface area contributed by atoms with Gasteiger partial charge >= 0.3 is 6.09 Å². The summed E-state index contributed by atoms with van der Waals surface area (Å²) >= 11 is 5.57. The van der Waals surface area contributed by atoms with Crippen molar-refractivity contribution in [2.24, 2.45) is 0 Å². The van der Waals surface area contributed by atoms with E-state index in [2.05, 4.69) is 63.6 Å². The van der Waals surface area contributed by atoms with Crippen LogP contribution in [0.1, 0.15) is 85.9 Å². The number of nitrogens with one attached hydrogen (secondary N) is 3. The summed E-state index contributed by atoms with van der Waals surface area (Å²) in [6, 6.07) is 10.9. The number of halogens is 1. The van der Waals surface area contributed by atoms with Crippen molar-refractivity contribution in [3.8, 4) is 11.8 Å². The maximum absolute atomic E-state index is 15.9. The highest BCUT2D eigenvalue weighted by Crippen LogP contribution is 2.44. The van der Waals surface area contributed by atoms with Gasteiger partial charge in [-0.1, -0.05) is 60.7 Å². The molecule has 0 aliphatic heterocycles. The first kappa shape index (κ1) is 35.0. The maximum atomic E-state index is 15.9. The van der Waals surface area contributed by atoms with E-state index in [4.69, 9.17) is 21.4 Å². The normalized spacial score (nSPS) is 11.8. The molecule has 2 aromatic carbocycles. The Balaban J connectivity index is 2.21. The first-order valence-corrected chi connectivity index (χ1v) is 17.1. The van der Waals surface area contributed by atoms with Crippen molar-refractivity contribution < 1.29 is 18.3 Å². The first-order chi connectivity index (χ1) is 19.5. The predicted octanol–water partition coefficient (Wildman–Crippen LogP) is 8.69. The van der Waals surface area contributed by atoms with Crippen LogP contribution in [0.2, 0.25) is 16.6 Å². The second-order valence-corrected chi connectivity index (χ2v) is 18.3. The largest absolute Gasteiger partial charge is 0.541 e. The van der Waals surface area contributed by atoms with Crippen LogP contribution < -0.4 is 20.4 Å². The first-order valence-electron chi connectivity index (χ1n) is 14.6. The summed E-state index contributed by atoms with van der Waals surface area (Å²) in [5.41, 5.74) is 3.31. The van der Waals surface area contributed by atoms with E-state index in [9.17, 15) is 10.1 Å². The quantitative estimate of drug-likeness (QED) is 0.163. The summed E-state index contributed by atoms with van der Waals surface area (Å²) in [6.45, 7) is 20.8. The van der Waals surface area contributed by atoms with Gasteiger partial charge < -0.3 is 25.1 Å². The number of hydrogen-bond acceptors (Lipinski definition) is 6. The van der Waals surface area contributed by atoms with E-state index in [0.29, 0.717) is 38.4 Å². The summed E-state index contributed by atoms with van der Waals surface area (Å²) in [5, 5.41) is 18.5. The van der Waals surface area contributed by atoms with Crippen LogP contribution in [0, 0.1) is 17.1 Å². The average molecular weight is 615 g/mol. The average Bonchev–Trinajstić information content (AvgIpc) is 2.89. The second kappa shape index (κ2) is 14.8. The molecule has 0 saturated carbocycles. The Kier molecular flexibility index (Phi) is 12.4. The third-order valence-corrected chi connectivity index (χ3v) is 13.5. The maximum Gasteiger partial charge on any atom is 0.407 e.